The van der Waals surface area contributed by atoms with Gasteiger partial charge in [-0.05, 0) is 44.2 Å². The highest BCUT2D eigenvalue weighted by atomic mass is 32.2. The summed E-state index contributed by atoms with van der Waals surface area (Å²) < 4.78 is 49.0. The molecule has 2 saturated heterocycles. The van der Waals surface area contributed by atoms with Crippen LogP contribution in [0.1, 0.15) is 19.3 Å². The van der Waals surface area contributed by atoms with Gasteiger partial charge in [0.15, 0.2) is 9.84 Å². The van der Waals surface area contributed by atoms with Gasteiger partial charge >= 0.3 is 0 Å². The molecule has 2 N–H and O–H groups in total. The second kappa shape index (κ2) is 6.07. The average molecular weight is 310 g/mol. The summed E-state index contributed by atoms with van der Waals surface area (Å²) >= 11 is 0. The van der Waals surface area contributed by atoms with E-state index < -0.39 is 19.9 Å². The van der Waals surface area contributed by atoms with Gasteiger partial charge in [0.25, 0.3) is 0 Å². The van der Waals surface area contributed by atoms with Crippen LogP contribution in [0.25, 0.3) is 0 Å². The standard InChI is InChI=1S/C11H22N2O4S2/c14-18(15)5-3-11(8-18)7-13-19(16,17)9-10-2-1-4-12-6-10/h10-13H,1-9H2. The van der Waals surface area contributed by atoms with Crippen LogP contribution >= 0.6 is 0 Å². The molecule has 2 unspecified atom stereocenters. The minimum atomic E-state index is -3.29. The van der Waals surface area contributed by atoms with Gasteiger partial charge < -0.3 is 5.32 Å². The molecule has 112 valence electrons. The minimum absolute atomic E-state index is 0.0655. The topological polar surface area (TPSA) is 92.3 Å². The zero-order valence-corrected chi connectivity index (χ0v) is 12.6. The molecule has 19 heavy (non-hydrogen) atoms. The Morgan fingerprint density at radius 3 is 2.58 bits per heavy atom. The van der Waals surface area contributed by atoms with E-state index in [0.29, 0.717) is 6.42 Å². The van der Waals surface area contributed by atoms with Gasteiger partial charge in [-0.2, -0.15) is 0 Å². The first-order valence-corrected chi connectivity index (χ1v) is 10.2. The van der Waals surface area contributed by atoms with Crippen LogP contribution in [0.4, 0.5) is 0 Å². The molecule has 0 aliphatic carbocycles. The second-order valence-corrected chi connectivity index (χ2v) is 9.69. The van der Waals surface area contributed by atoms with Crippen molar-refractivity contribution in [2.24, 2.45) is 11.8 Å². The maximum Gasteiger partial charge on any atom is 0.211 e. The zero-order chi connectivity index (χ0) is 13.9. The molecular weight excluding hydrogens is 288 g/mol. The molecular formula is C11H22N2O4S2. The van der Waals surface area contributed by atoms with Crippen LogP contribution in [-0.4, -0.2) is 53.7 Å². The average Bonchev–Trinajstić information content (AvgIpc) is 2.67. The SMILES string of the molecule is O=S1(=O)CCC(CNS(=O)(=O)CC2CCCNC2)C1. The fourth-order valence-electron chi connectivity index (χ4n) is 2.71. The van der Waals surface area contributed by atoms with Crippen molar-refractivity contribution >= 4 is 19.9 Å². The largest absolute Gasteiger partial charge is 0.316 e. The van der Waals surface area contributed by atoms with E-state index in [-0.39, 0.29) is 35.6 Å². The maximum atomic E-state index is 11.9. The molecule has 0 aromatic heterocycles. The lowest BCUT2D eigenvalue weighted by atomic mass is 10.0. The van der Waals surface area contributed by atoms with Crippen molar-refractivity contribution in [2.75, 3.05) is 36.9 Å². The maximum absolute atomic E-state index is 11.9. The fourth-order valence-corrected chi connectivity index (χ4v) is 6.09. The van der Waals surface area contributed by atoms with Crippen molar-refractivity contribution in [1.29, 1.82) is 0 Å². The first-order chi connectivity index (χ1) is 8.86. The van der Waals surface area contributed by atoms with E-state index in [4.69, 9.17) is 0 Å². The highest BCUT2D eigenvalue weighted by molar-refractivity contribution is 7.91. The Morgan fingerprint density at radius 1 is 1.21 bits per heavy atom. The molecule has 0 radical (unpaired) electrons. The molecule has 0 spiro atoms. The van der Waals surface area contributed by atoms with E-state index in [1.54, 1.807) is 0 Å². The summed E-state index contributed by atoms with van der Waals surface area (Å²) in [6, 6.07) is 0. The third-order valence-electron chi connectivity index (χ3n) is 3.77. The number of rotatable bonds is 5. The van der Waals surface area contributed by atoms with Gasteiger partial charge in [-0.15, -0.1) is 0 Å². The molecule has 2 rings (SSSR count). The van der Waals surface area contributed by atoms with Crippen LogP contribution in [-0.2, 0) is 19.9 Å². The molecule has 2 aliphatic rings. The van der Waals surface area contributed by atoms with Crippen molar-refractivity contribution in [3.05, 3.63) is 0 Å². The molecule has 2 aliphatic heterocycles. The summed E-state index contributed by atoms with van der Waals surface area (Å²) in [4.78, 5) is 0. The zero-order valence-electron chi connectivity index (χ0n) is 11.0. The summed E-state index contributed by atoms with van der Waals surface area (Å²) in [5.41, 5.74) is 0. The van der Waals surface area contributed by atoms with Crippen molar-refractivity contribution in [3.63, 3.8) is 0 Å². The van der Waals surface area contributed by atoms with E-state index in [2.05, 4.69) is 10.0 Å². The Kier molecular flexibility index (Phi) is 4.86. The molecule has 0 aromatic rings. The number of hydrogen-bond donors (Lipinski definition) is 2. The van der Waals surface area contributed by atoms with Crippen molar-refractivity contribution < 1.29 is 16.8 Å². The molecule has 2 fully saturated rings. The lowest BCUT2D eigenvalue weighted by Crippen LogP contribution is -2.39. The van der Waals surface area contributed by atoms with Gasteiger partial charge in [0.05, 0.1) is 17.3 Å². The van der Waals surface area contributed by atoms with Crippen molar-refractivity contribution in [1.82, 2.24) is 10.0 Å². The van der Waals surface area contributed by atoms with Crippen LogP contribution in [0.5, 0.6) is 0 Å². The Morgan fingerprint density at radius 2 is 2.00 bits per heavy atom. The Hall–Kier alpha value is -0.180. The van der Waals surface area contributed by atoms with Gasteiger partial charge in [0.2, 0.25) is 10.0 Å². The predicted octanol–water partition coefficient (Wildman–Crippen LogP) is -0.660. The van der Waals surface area contributed by atoms with E-state index in [0.717, 1.165) is 25.9 Å². The van der Waals surface area contributed by atoms with Gasteiger partial charge in [-0.1, -0.05) is 0 Å². The van der Waals surface area contributed by atoms with Crippen LogP contribution in [0.3, 0.4) is 0 Å². The quantitative estimate of drug-likeness (QED) is 0.703. The highest BCUT2D eigenvalue weighted by Crippen LogP contribution is 2.18. The van der Waals surface area contributed by atoms with E-state index >= 15 is 0 Å². The van der Waals surface area contributed by atoms with E-state index in [9.17, 15) is 16.8 Å². The summed E-state index contributed by atoms with van der Waals surface area (Å²) in [7, 11) is -6.23. The Labute approximate surface area is 115 Å². The summed E-state index contributed by atoms with van der Waals surface area (Å²) in [5, 5.41) is 3.19. The van der Waals surface area contributed by atoms with Gasteiger partial charge in [0.1, 0.15) is 0 Å². The van der Waals surface area contributed by atoms with Gasteiger partial charge in [-0.25, -0.2) is 21.6 Å². The number of sulfone groups is 1. The predicted molar refractivity (Wildman–Crippen MR) is 74.1 cm³/mol. The van der Waals surface area contributed by atoms with Gasteiger partial charge in [-0.3, -0.25) is 0 Å². The second-order valence-electron chi connectivity index (χ2n) is 5.61. The molecule has 0 bridgehead atoms. The Balaban J connectivity index is 1.78. The number of piperidine rings is 1. The van der Waals surface area contributed by atoms with Crippen molar-refractivity contribution in [3.8, 4) is 0 Å². The molecule has 0 aromatic carbocycles. The number of nitrogens with one attached hydrogen (secondary N) is 2. The lowest BCUT2D eigenvalue weighted by Gasteiger charge is -2.22. The molecule has 2 heterocycles. The van der Waals surface area contributed by atoms with Crippen LogP contribution in [0, 0.1) is 11.8 Å². The minimum Gasteiger partial charge on any atom is -0.316 e. The Bertz CT molecular complexity index is 495. The van der Waals surface area contributed by atoms with E-state index in [1.807, 2.05) is 0 Å². The van der Waals surface area contributed by atoms with Crippen LogP contribution in [0.2, 0.25) is 0 Å². The molecule has 2 atom stereocenters. The van der Waals surface area contributed by atoms with Crippen LogP contribution < -0.4 is 10.0 Å². The molecule has 0 amide bonds. The van der Waals surface area contributed by atoms with E-state index in [1.165, 1.54) is 0 Å². The normalized spacial score (nSPS) is 31.4. The summed E-state index contributed by atoms with van der Waals surface area (Å²) in [5.74, 6) is 0.536. The molecule has 6 nitrogen and oxygen atoms in total. The third kappa shape index (κ3) is 5.02. The third-order valence-corrected chi connectivity index (χ3v) is 7.13. The summed E-state index contributed by atoms with van der Waals surface area (Å²) in [6.07, 6.45) is 2.52. The monoisotopic (exact) mass is 310 g/mol. The number of hydrogen-bond acceptors (Lipinski definition) is 5. The molecule has 8 heteroatoms. The van der Waals surface area contributed by atoms with Crippen LogP contribution in [0.15, 0.2) is 0 Å². The lowest BCUT2D eigenvalue weighted by molar-refractivity contribution is 0.402. The first-order valence-electron chi connectivity index (χ1n) is 6.75. The number of sulfonamides is 1. The van der Waals surface area contributed by atoms with Crippen molar-refractivity contribution in [2.45, 2.75) is 19.3 Å². The highest BCUT2D eigenvalue weighted by Gasteiger charge is 2.29. The molecule has 0 saturated carbocycles. The smallest absolute Gasteiger partial charge is 0.211 e. The van der Waals surface area contributed by atoms with Gasteiger partial charge in [0, 0.05) is 6.54 Å². The fraction of sp³-hybridized carbons (Fsp3) is 1.00. The first kappa shape index (κ1) is 15.2. The summed E-state index contributed by atoms with van der Waals surface area (Å²) in [6.45, 7) is 1.96.